The van der Waals surface area contributed by atoms with E-state index in [-0.39, 0.29) is 12.1 Å². The molecule has 0 aliphatic carbocycles. The van der Waals surface area contributed by atoms with Gasteiger partial charge in [-0.05, 0) is 69.2 Å². The third kappa shape index (κ3) is 5.81. The molecule has 0 saturated carbocycles. The number of para-hydroxylation sites is 1. The fraction of sp³-hybridized carbons (Fsp3) is 0.458. The third-order valence-corrected chi connectivity index (χ3v) is 5.23. The first kappa shape index (κ1) is 21.8. The first-order chi connectivity index (χ1) is 14.2. The molecule has 0 unspecified atom stereocenters. The number of aromatic nitrogens is 1. The quantitative estimate of drug-likeness (QED) is 0.533. The summed E-state index contributed by atoms with van der Waals surface area (Å²) in [4.78, 5) is 30.6. The van der Waals surface area contributed by atoms with E-state index in [0.29, 0.717) is 19.0 Å². The van der Waals surface area contributed by atoms with Crippen LogP contribution < -0.4 is 0 Å². The number of hydrogen-bond acceptors (Lipinski definition) is 5. The largest absolute Gasteiger partial charge is 0.466 e. The maximum atomic E-state index is 12.3. The normalized spacial score (nSPS) is 15.9. The van der Waals surface area contributed by atoms with Gasteiger partial charge in [-0.15, -0.1) is 0 Å². The molecule has 160 valence electrons. The summed E-state index contributed by atoms with van der Waals surface area (Å²) in [6.07, 6.45) is 5.57. The van der Waals surface area contributed by atoms with Crippen molar-refractivity contribution >= 4 is 28.5 Å². The molecule has 0 spiro atoms. The number of benzene rings is 1. The highest BCUT2D eigenvalue weighted by Gasteiger charge is 2.27. The molecule has 6 nitrogen and oxygen atoms in total. The molecular formula is C24H30N2O4. The fourth-order valence-corrected chi connectivity index (χ4v) is 3.67. The number of ether oxygens (including phenoxy) is 2. The molecule has 2 heterocycles. The van der Waals surface area contributed by atoms with Gasteiger partial charge in [0.15, 0.2) is 0 Å². The molecule has 0 N–H and O–H groups in total. The zero-order valence-corrected chi connectivity index (χ0v) is 18.2. The van der Waals surface area contributed by atoms with Gasteiger partial charge < -0.3 is 14.4 Å². The van der Waals surface area contributed by atoms with Gasteiger partial charge in [0.25, 0.3) is 0 Å². The van der Waals surface area contributed by atoms with E-state index in [9.17, 15) is 9.59 Å². The van der Waals surface area contributed by atoms with Gasteiger partial charge in [0.05, 0.1) is 12.6 Å². The number of esters is 1. The average Bonchev–Trinajstić information content (AvgIpc) is 2.72. The summed E-state index contributed by atoms with van der Waals surface area (Å²) in [5.74, 6) is -0.00425. The van der Waals surface area contributed by atoms with Crippen molar-refractivity contribution in [2.45, 2.75) is 45.6 Å². The van der Waals surface area contributed by atoms with Gasteiger partial charge in [0.2, 0.25) is 0 Å². The van der Waals surface area contributed by atoms with Crippen LogP contribution in [-0.2, 0) is 14.3 Å². The lowest BCUT2D eigenvalue weighted by molar-refractivity contribution is -0.134. The molecule has 1 amide bonds. The second-order valence-electron chi connectivity index (χ2n) is 8.72. The van der Waals surface area contributed by atoms with E-state index in [0.717, 1.165) is 41.3 Å². The van der Waals surface area contributed by atoms with Gasteiger partial charge in [-0.3, -0.25) is 4.98 Å². The van der Waals surface area contributed by atoms with Crippen molar-refractivity contribution in [3.8, 4) is 0 Å². The number of likely N-dealkylation sites (tertiary alicyclic amines) is 1. The predicted molar refractivity (Wildman–Crippen MR) is 117 cm³/mol. The van der Waals surface area contributed by atoms with Crippen LogP contribution in [-0.4, -0.2) is 47.7 Å². The van der Waals surface area contributed by atoms with E-state index in [1.165, 1.54) is 7.11 Å². The Hall–Kier alpha value is -2.89. The van der Waals surface area contributed by atoms with Gasteiger partial charge in [-0.2, -0.15) is 0 Å². The standard InChI is InChI=1S/C24H30N2O4/c1-24(2,3)30-23(28)26-11-9-17(10-12-26)13-19(15-22(27)29-4)20-14-18-7-5-6-8-21(18)25-16-20/h5-8,14-17H,9-13H2,1-4H3. The monoisotopic (exact) mass is 410 g/mol. The summed E-state index contributed by atoms with van der Waals surface area (Å²) in [5.41, 5.74) is 2.27. The lowest BCUT2D eigenvalue weighted by atomic mass is 9.87. The highest BCUT2D eigenvalue weighted by Crippen LogP contribution is 2.31. The predicted octanol–water partition coefficient (Wildman–Crippen LogP) is 4.83. The number of rotatable bonds is 4. The molecule has 6 heteroatoms. The minimum Gasteiger partial charge on any atom is -0.466 e. The van der Waals surface area contributed by atoms with Gasteiger partial charge in [-0.1, -0.05) is 18.2 Å². The molecule has 1 aliphatic rings. The molecule has 1 aliphatic heterocycles. The summed E-state index contributed by atoms with van der Waals surface area (Å²) in [7, 11) is 1.38. The number of carbonyl (C=O) groups excluding carboxylic acids is 2. The van der Waals surface area contributed by atoms with Crippen molar-refractivity contribution in [3.05, 3.63) is 48.2 Å². The molecule has 3 rings (SSSR count). The van der Waals surface area contributed by atoms with Crippen LogP contribution >= 0.6 is 0 Å². The van der Waals surface area contributed by atoms with Crippen LogP contribution in [0.3, 0.4) is 0 Å². The molecule has 0 atom stereocenters. The Morgan fingerprint density at radius 3 is 2.57 bits per heavy atom. The van der Waals surface area contributed by atoms with Crippen molar-refractivity contribution in [2.75, 3.05) is 20.2 Å². The third-order valence-electron chi connectivity index (χ3n) is 5.23. The van der Waals surface area contributed by atoms with Crippen LogP contribution in [0.2, 0.25) is 0 Å². The summed E-state index contributed by atoms with van der Waals surface area (Å²) >= 11 is 0. The summed E-state index contributed by atoms with van der Waals surface area (Å²) in [6.45, 7) is 6.93. The first-order valence-corrected chi connectivity index (χ1v) is 10.4. The van der Waals surface area contributed by atoms with Crippen LogP contribution in [0.15, 0.2) is 42.6 Å². The Bertz CT molecular complexity index is 938. The van der Waals surface area contributed by atoms with Gasteiger partial charge in [0.1, 0.15) is 5.60 Å². The summed E-state index contributed by atoms with van der Waals surface area (Å²) in [6, 6.07) is 9.98. The van der Waals surface area contributed by atoms with E-state index in [4.69, 9.17) is 9.47 Å². The Kier molecular flexibility index (Phi) is 6.75. The van der Waals surface area contributed by atoms with Gasteiger partial charge in [0, 0.05) is 30.7 Å². The number of amides is 1. The Labute approximate surface area is 177 Å². The minimum atomic E-state index is -0.493. The molecule has 30 heavy (non-hydrogen) atoms. The molecule has 1 fully saturated rings. The van der Waals surface area contributed by atoms with Crippen LogP contribution in [0.1, 0.15) is 45.6 Å². The fourth-order valence-electron chi connectivity index (χ4n) is 3.67. The van der Waals surface area contributed by atoms with Gasteiger partial charge >= 0.3 is 12.1 Å². The van der Waals surface area contributed by atoms with E-state index in [1.807, 2.05) is 51.2 Å². The highest BCUT2D eigenvalue weighted by molar-refractivity contribution is 5.92. The van der Waals surface area contributed by atoms with Crippen molar-refractivity contribution in [3.63, 3.8) is 0 Å². The number of piperidine rings is 1. The number of nitrogens with zero attached hydrogens (tertiary/aromatic N) is 2. The average molecular weight is 411 g/mol. The Morgan fingerprint density at radius 1 is 1.20 bits per heavy atom. The van der Waals surface area contributed by atoms with Crippen molar-refractivity contribution in [1.29, 1.82) is 0 Å². The molecule has 0 radical (unpaired) electrons. The van der Waals surface area contributed by atoms with Crippen LogP contribution in [0.5, 0.6) is 0 Å². The number of pyridine rings is 1. The van der Waals surface area contributed by atoms with E-state index in [2.05, 4.69) is 11.1 Å². The van der Waals surface area contributed by atoms with Crippen molar-refractivity contribution in [2.24, 2.45) is 5.92 Å². The summed E-state index contributed by atoms with van der Waals surface area (Å²) in [5, 5.41) is 1.03. The number of fused-ring (bicyclic) bond motifs is 1. The van der Waals surface area contributed by atoms with E-state index < -0.39 is 5.60 Å². The van der Waals surface area contributed by atoms with Gasteiger partial charge in [-0.25, -0.2) is 9.59 Å². The smallest absolute Gasteiger partial charge is 0.410 e. The number of allylic oxidation sites excluding steroid dienone is 1. The molecule has 1 saturated heterocycles. The summed E-state index contributed by atoms with van der Waals surface area (Å²) < 4.78 is 10.3. The van der Waals surface area contributed by atoms with Crippen LogP contribution in [0.4, 0.5) is 4.79 Å². The Morgan fingerprint density at radius 2 is 1.90 bits per heavy atom. The topological polar surface area (TPSA) is 68.7 Å². The zero-order valence-electron chi connectivity index (χ0n) is 18.2. The molecule has 0 bridgehead atoms. The van der Waals surface area contributed by atoms with Crippen LogP contribution in [0.25, 0.3) is 16.5 Å². The lowest BCUT2D eigenvalue weighted by Gasteiger charge is -2.33. The number of carbonyl (C=O) groups is 2. The minimum absolute atomic E-state index is 0.259. The number of methoxy groups -OCH3 is 1. The molecular weight excluding hydrogens is 380 g/mol. The van der Waals surface area contributed by atoms with Crippen molar-refractivity contribution in [1.82, 2.24) is 9.88 Å². The van der Waals surface area contributed by atoms with Crippen LogP contribution in [0, 0.1) is 5.92 Å². The molecule has 1 aromatic heterocycles. The second-order valence-corrected chi connectivity index (χ2v) is 8.72. The van der Waals surface area contributed by atoms with E-state index in [1.54, 1.807) is 11.0 Å². The first-order valence-electron chi connectivity index (χ1n) is 10.4. The maximum Gasteiger partial charge on any atom is 0.410 e. The lowest BCUT2D eigenvalue weighted by Crippen LogP contribution is -2.41. The Balaban J connectivity index is 1.71. The molecule has 1 aromatic carbocycles. The number of hydrogen-bond donors (Lipinski definition) is 0. The van der Waals surface area contributed by atoms with Crippen molar-refractivity contribution < 1.29 is 19.1 Å². The SMILES string of the molecule is COC(=O)C=C(CC1CCN(C(=O)OC(C)(C)C)CC1)c1cnc2ccccc2c1. The van der Waals surface area contributed by atoms with E-state index >= 15 is 0 Å². The molecule has 2 aromatic rings. The second kappa shape index (κ2) is 9.28. The zero-order chi connectivity index (χ0) is 21.7. The maximum absolute atomic E-state index is 12.3. The highest BCUT2D eigenvalue weighted by atomic mass is 16.6.